The van der Waals surface area contributed by atoms with Crippen LogP contribution in [0.4, 0.5) is 5.82 Å². The molecule has 9 nitrogen and oxygen atoms in total. The van der Waals surface area contributed by atoms with Crippen LogP contribution in [0.5, 0.6) is 0 Å². The van der Waals surface area contributed by atoms with Crippen molar-refractivity contribution < 1.29 is 9.90 Å². The maximum Gasteiger partial charge on any atom is 0.257 e. The van der Waals surface area contributed by atoms with Gasteiger partial charge in [-0.1, -0.05) is 0 Å². The van der Waals surface area contributed by atoms with Crippen molar-refractivity contribution in [1.29, 1.82) is 0 Å². The zero-order chi connectivity index (χ0) is 21.0. The summed E-state index contributed by atoms with van der Waals surface area (Å²) in [5.41, 5.74) is 3.39. The third-order valence-electron chi connectivity index (χ3n) is 5.47. The molecule has 1 saturated carbocycles. The molecule has 30 heavy (non-hydrogen) atoms. The van der Waals surface area contributed by atoms with Gasteiger partial charge in [-0.3, -0.25) is 4.79 Å². The maximum atomic E-state index is 12.7. The van der Waals surface area contributed by atoms with Crippen molar-refractivity contribution in [2.45, 2.75) is 38.5 Å². The molecule has 5 rings (SSSR count). The zero-order valence-corrected chi connectivity index (χ0v) is 17.0. The lowest BCUT2D eigenvalue weighted by Crippen LogP contribution is -2.27. The molecule has 0 saturated heterocycles. The molecule has 0 bridgehead atoms. The van der Waals surface area contributed by atoms with E-state index in [-0.39, 0.29) is 18.0 Å². The fraction of sp³-hybridized carbons (Fsp3) is 0.333. The Kier molecular flexibility index (Phi) is 4.21. The lowest BCUT2D eigenvalue weighted by molar-refractivity contribution is 0.0944. The molecule has 3 N–H and O–H groups in total. The fourth-order valence-electron chi connectivity index (χ4n) is 3.70. The molecule has 9 heteroatoms. The second kappa shape index (κ2) is 6.81. The topological polar surface area (TPSA) is 109 Å². The summed E-state index contributed by atoms with van der Waals surface area (Å²) < 4.78 is 3.73. The van der Waals surface area contributed by atoms with E-state index in [4.69, 9.17) is 4.98 Å². The van der Waals surface area contributed by atoms with Crippen LogP contribution >= 0.6 is 0 Å². The number of hydrogen-bond donors (Lipinski definition) is 3. The standard InChI is InChI=1S/C21H23N7O2/c1-11(2)27-10-14(12-5-4-6-23-19(12)27)15-8-18(22-3)28-20(25-15)13(9-24-28)21(30)26-16-7-17(16)29/h4-6,8-11,16-17,22,29H,7H2,1-3H3,(H,26,30)/t16-,17-/m0/s1. The van der Waals surface area contributed by atoms with Crippen LogP contribution in [0.3, 0.4) is 0 Å². The molecule has 1 fully saturated rings. The number of aliphatic hydroxyl groups is 1. The highest BCUT2D eigenvalue weighted by molar-refractivity contribution is 6.01. The summed E-state index contributed by atoms with van der Waals surface area (Å²) >= 11 is 0. The number of amides is 1. The van der Waals surface area contributed by atoms with Crippen molar-refractivity contribution in [3.05, 3.63) is 42.4 Å². The molecule has 0 aromatic carbocycles. The van der Waals surface area contributed by atoms with Gasteiger partial charge in [0.15, 0.2) is 5.65 Å². The summed E-state index contributed by atoms with van der Waals surface area (Å²) in [4.78, 5) is 22.1. The van der Waals surface area contributed by atoms with Gasteiger partial charge >= 0.3 is 0 Å². The van der Waals surface area contributed by atoms with Crippen LogP contribution in [-0.2, 0) is 0 Å². The number of carbonyl (C=O) groups is 1. The minimum atomic E-state index is -0.471. The molecular weight excluding hydrogens is 382 g/mol. The highest BCUT2D eigenvalue weighted by atomic mass is 16.3. The minimum Gasteiger partial charge on any atom is -0.391 e. The molecular formula is C21H23N7O2. The van der Waals surface area contributed by atoms with E-state index in [1.165, 1.54) is 6.20 Å². The predicted molar refractivity (Wildman–Crippen MR) is 114 cm³/mol. The van der Waals surface area contributed by atoms with Crippen LogP contribution < -0.4 is 10.6 Å². The first kappa shape index (κ1) is 18.6. The van der Waals surface area contributed by atoms with E-state index >= 15 is 0 Å². The van der Waals surface area contributed by atoms with Crippen molar-refractivity contribution in [2.75, 3.05) is 12.4 Å². The van der Waals surface area contributed by atoms with E-state index in [9.17, 15) is 9.90 Å². The van der Waals surface area contributed by atoms with Crippen molar-refractivity contribution in [1.82, 2.24) is 29.5 Å². The number of rotatable bonds is 5. The first-order valence-electron chi connectivity index (χ1n) is 9.99. The second-order valence-corrected chi connectivity index (χ2v) is 7.87. The minimum absolute atomic E-state index is 0.200. The number of fused-ring (bicyclic) bond motifs is 2. The summed E-state index contributed by atoms with van der Waals surface area (Å²) in [6.45, 7) is 4.22. The summed E-state index contributed by atoms with van der Waals surface area (Å²) in [5.74, 6) is 0.430. The fourth-order valence-corrected chi connectivity index (χ4v) is 3.70. The average Bonchev–Trinajstić information content (AvgIpc) is 3.14. The Bertz CT molecular complexity index is 1270. The molecule has 0 unspecified atom stereocenters. The van der Waals surface area contributed by atoms with Crippen molar-refractivity contribution in [3.63, 3.8) is 0 Å². The number of aromatic nitrogens is 5. The van der Waals surface area contributed by atoms with Gasteiger partial charge in [-0.2, -0.15) is 9.61 Å². The van der Waals surface area contributed by atoms with Gasteiger partial charge in [0.05, 0.1) is 24.0 Å². The molecule has 4 aromatic rings. The van der Waals surface area contributed by atoms with Crippen LogP contribution in [0.15, 0.2) is 36.8 Å². The highest BCUT2D eigenvalue weighted by Crippen LogP contribution is 2.32. The summed E-state index contributed by atoms with van der Waals surface area (Å²) in [5, 5.41) is 20.8. The third kappa shape index (κ3) is 2.89. The van der Waals surface area contributed by atoms with E-state index in [2.05, 4.69) is 45.3 Å². The SMILES string of the molecule is CNc1cc(-c2cn(C(C)C)c3ncccc23)nc2c(C(=O)N[C@H]3C[C@@H]3O)cnn12. The van der Waals surface area contributed by atoms with E-state index < -0.39 is 6.10 Å². The zero-order valence-electron chi connectivity index (χ0n) is 17.0. The predicted octanol–water partition coefficient (Wildman–Crippen LogP) is 2.23. The van der Waals surface area contributed by atoms with Gasteiger partial charge in [0, 0.05) is 42.5 Å². The average molecular weight is 405 g/mol. The Morgan fingerprint density at radius 1 is 1.33 bits per heavy atom. The lowest BCUT2D eigenvalue weighted by Gasteiger charge is -2.08. The Morgan fingerprint density at radius 3 is 2.83 bits per heavy atom. The van der Waals surface area contributed by atoms with Gasteiger partial charge in [-0.25, -0.2) is 9.97 Å². The largest absolute Gasteiger partial charge is 0.391 e. The summed E-state index contributed by atoms with van der Waals surface area (Å²) in [6.07, 6.45) is 5.45. The molecule has 0 spiro atoms. The van der Waals surface area contributed by atoms with Crippen molar-refractivity contribution >= 4 is 28.4 Å². The number of nitrogens with zero attached hydrogens (tertiary/aromatic N) is 5. The van der Waals surface area contributed by atoms with E-state index in [0.717, 1.165) is 28.1 Å². The van der Waals surface area contributed by atoms with Gasteiger partial charge in [0.2, 0.25) is 0 Å². The van der Waals surface area contributed by atoms with Crippen molar-refractivity contribution in [3.8, 4) is 11.3 Å². The van der Waals surface area contributed by atoms with E-state index in [1.807, 2.05) is 18.2 Å². The lowest BCUT2D eigenvalue weighted by atomic mass is 10.1. The quantitative estimate of drug-likeness (QED) is 0.470. The Labute approximate surface area is 172 Å². The van der Waals surface area contributed by atoms with Crippen LogP contribution in [0.25, 0.3) is 27.9 Å². The number of carbonyl (C=O) groups excluding carboxylic acids is 1. The van der Waals surface area contributed by atoms with Gasteiger partial charge in [0.25, 0.3) is 5.91 Å². The van der Waals surface area contributed by atoms with Crippen LogP contribution in [0.2, 0.25) is 0 Å². The van der Waals surface area contributed by atoms with E-state index in [1.54, 1.807) is 17.8 Å². The van der Waals surface area contributed by atoms with Crippen LogP contribution in [0.1, 0.15) is 36.7 Å². The van der Waals surface area contributed by atoms with Gasteiger partial charge in [-0.05, 0) is 32.4 Å². The first-order valence-corrected chi connectivity index (χ1v) is 9.99. The second-order valence-electron chi connectivity index (χ2n) is 7.87. The molecule has 1 aliphatic carbocycles. The number of hydrogen-bond acceptors (Lipinski definition) is 6. The molecule has 0 radical (unpaired) electrons. The van der Waals surface area contributed by atoms with Gasteiger partial charge in [0.1, 0.15) is 17.0 Å². The Morgan fingerprint density at radius 2 is 2.13 bits per heavy atom. The summed E-state index contributed by atoms with van der Waals surface area (Å²) in [7, 11) is 1.81. The van der Waals surface area contributed by atoms with Crippen molar-refractivity contribution in [2.24, 2.45) is 0 Å². The normalized spacial score (nSPS) is 18.3. The highest BCUT2D eigenvalue weighted by Gasteiger charge is 2.37. The monoisotopic (exact) mass is 405 g/mol. The number of aliphatic hydroxyl groups excluding tert-OH is 1. The molecule has 0 aliphatic heterocycles. The molecule has 1 aliphatic rings. The van der Waals surface area contributed by atoms with Crippen LogP contribution in [0, 0.1) is 0 Å². The molecule has 2 atom stereocenters. The third-order valence-corrected chi connectivity index (χ3v) is 5.47. The molecule has 4 aromatic heterocycles. The maximum absolute atomic E-state index is 12.7. The Hall–Kier alpha value is -3.46. The molecule has 154 valence electrons. The van der Waals surface area contributed by atoms with Crippen LogP contribution in [-0.4, -0.2) is 54.4 Å². The van der Waals surface area contributed by atoms with Gasteiger partial charge < -0.3 is 20.3 Å². The number of nitrogens with one attached hydrogen (secondary N) is 2. The van der Waals surface area contributed by atoms with Gasteiger partial charge in [-0.15, -0.1) is 0 Å². The number of pyridine rings is 1. The first-order chi connectivity index (χ1) is 14.5. The number of anilines is 1. The van der Waals surface area contributed by atoms with E-state index in [0.29, 0.717) is 17.6 Å². The molecule has 4 heterocycles. The molecule has 1 amide bonds. The summed E-state index contributed by atoms with van der Waals surface area (Å²) in [6, 6.07) is 5.89. The smallest absolute Gasteiger partial charge is 0.257 e. The Balaban J connectivity index is 1.68.